The van der Waals surface area contributed by atoms with Crippen LogP contribution in [0.5, 0.6) is 5.75 Å². The summed E-state index contributed by atoms with van der Waals surface area (Å²) in [5.74, 6) is -0.0192. The van der Waals surface area contributed by atoms with E-state index in [-0.39, 0.29) is 17.9 Å². The molecule has 0 saturated carbocycles. The van der Waals surface area contributed by atoms with E-state index in [2.05, 4.69) is 9.72 Å². The molecule has 1 heterocycles. The minimum absolute atomic E-state index is 0.0192. The molecule has 90 valence electrons. The van der Waals surface area contributed by atoms with E-state index in [0.717, 1.165) is 0 Å². The van der Waals surface area contributed by atoms with E-state index >= 15 is 0 Å². The normalized spacial score (nSPS) is 11.1. The maximum Gasteiger partial charge on any atom is 0.387 e. The largest absolute Gasteiger partial charge is 0.435 e. The third-order valence-corrected chi connectivity index (χ3v) is 2.30. The summed E-state index contributed by atoms with van der Waals surface area (Å²) in [7, 11) is 0. The number of aromatic amines is 1. The van der Waals surface area contributed by atoms with E-state index in [9.17, 15) is 13.6 Å². The van der Waals surface area contributed by atoms with Crippen LogP contribution in [0.2, 0.25) is 0 Å². The van der Waals surface area contributed by atoms with Crippen molar-refractivity contribution in [1.29, 1.82) is 0 Å². The molecule has 0 aliphatic carbocycles. The Labute approximate surface area is 94.5 Å². The lowest BCUT2D eigenvalue weighted by Crippen LogP contribution is -2.07. The Morgan fingerprint density at radius 1 is 1.35 bits per heavy atom. The highest BCUT2D eigenvalue weighted by Gasteiger charge is 2.07. The quantitative estimate of drug-likeness (QED) is 0.858. The molecule has 0 radical (unpaired) electrons. The zero-order valence-corrected chi connectivity index (χ0v) is 8.61. The van der Waals surface area contributed by atoms with Crippen molar-refractivity contribution in [3.63, 3.8) is 0 Å². The van der Waals surface area contributed by atoms with E-state index in [1.165, 1.54) is 24.3 Å². The summed E-state index contributed by atoms with van der Waals surface area (Å²) in [6.07, 6.45) is 0. The number of alkyl halides is 2. The summed E-state index contributed by atoms with van der Waals surface area (Å²) in [4.78, 5) is 13.7. The van der Waals surface area contributed by atoms with Crippen LogP contribution < -0.4 is 10.3 Å². The lowest BCUT2D eigenvalue weighted by atomic mass is 10.1. The van der Waals surface area contributed by atoms with Crippen molar-refractivity contribution in [2.75, 3.05) is 0 Å². The molecule has 1 aromatic carbocycles. The van der Waals surface area contributed by atoms with E-state index in [4.69, 9.17) is 5.11 Å². The molecule has 0 unspecified atom stereocenters. The molecule has 0 saturated heterocycles. The van der Waals surface area contributed by atoms with Crippen molar-refractivity contribution in [1.82, 2.24) is 4.98 Å². The van der Waals surface area contributed by atoms with Crippen LogP contribution in [0.1, 0.15) is 5.56 Å². The van der Waals surface area contributed by atoms with Gasteiger partial charge in [0.05, 0.1) is 6.61 Å². The molecule has 4 nitrogen and oxygen atoms in total. The molecule has 0 amide bonds. The predicted octanol–water partition coefficient (Wildman–Crippen LogP) is 1.62. The molecule has 2 rings (SSSR count). The van der Waals surface area contributed by atoms with Crippen LogP contribution in [0.4, 0.5) is 8.78 Å². The van der Waals surface area contributed by atoms with Gasteiger partial charge in [0.25, 0.3) is 0 Å². The van der Waals surface area contributed by atoms with Crippen LogP contribution in [0.3, 0.4) is 0 Å². The minimum Gasteiger partial charge on any atom is -0.435 e. The van der Waals surface area contributed by atoms with Gasteiger partial charge in [0.2, 0.25) is 5.56 Å². The van der Waals surface area contributed by atoms with Crippen molar-refractivity contribution >= 4 is 10.9 Å². The maximum absolute atomic E-state index is 12.0. The Morgan fingerprint density at radius 3 is 2.76 bits per heavy atom. The summed E-state index contributed by atoms with van der Waals surface area (Å²) >= 11 is 0. The molecule has 0 fully saturated rings. The molecular formula is C11H9F2NO3. The molecule has 2 N–H and O–H groups in total. The Morgan fingerprint density at radius 2 is 2.12 bits per heavy atom. The second-order valence-corrected chi connectivity index (χ2v) is 3.40. The van der Waals surface area contributed by atoms with Crippen LogP contribution in [0.15, 0.2) is 29.1 Å². The first-order valence-corrected chi connectivity index (χ1v) is 4.82. The molecule has 1 aromatic heterocycles. The van der Waals surface area contributed by atoms with Crippen LogP contribution in [-0.2, 0) is 6.61 Å². The molecule has 2 aromatic rings. The maximum atomic E-state index is 12.0. The predicted molar refractivity (Wildman–Crippen MR) is 57.1 cm³/mol. The van der Waals surface area contributed by atoms with Crippen molar-refractivity contribution in [2.24, 2.45) is 0 Å². The Hall–Kier alpha value is -1.95. The highest BCUT2D eigenvalue weighted by Crippen LogP contribution is 2.22. The Balaban J connectivity index is 2.59. The van der Waals surface area contributed by atoms with Crippen LogP contribution in [0, 0.1) is 0 Å². The molecule has 0 atom stereocenters. The summed E-state index contributed by atoms with van der Waals surface area (Å²) in [5.41, 5.74) is 0.468. The van der Waals surface area contributed by atoms with Gasteiger partial charge in [-0.3, -0.25) is 4.79 Å². The first-order valence-electron chi connectivity index (χ1n) is 4.82. The average Bonchev–Trinajstić information content (AvgIpc) is 2.27. The van der Waals surface area contributed by atoms with Gasteiger partial charge in [-0.15, -0.1) is 0 Å². The highest BCUT2D eigenvalue weighted by molar-refractivity contribution is 5.83. The molecule has 0 aliphatic rings. The zero-order chi connectivity index (χ0) is 12.4. The number of halogens is 2. The number of benzene rings is 1. The van der Waals surface area contributed by atoms with Crippen molar-refractivity contribution in [2.45, 2.75) is 13.2 Å². The number of pyridine rings is 1. The monoisotopic (exact) mass is 241 g/mol. The van der Waals surface area contributed by atoms with Gasteiger partial charge in [-0.05, 0) is 23.8 Å². The number of rotatable bonds is 3. The van der Waals surface area contributed by atoms with Crippen molar-refractivity contribution in [3.05, 3.63) is 40.2 Å². The number of nitrogens with one attached hydrogen (secondary N) is 1. The molecule has 6 heteroatoms. The number of hydrogen-bond acceptors (Lipinski definition) is 3. The topological polar surface area (TPSA) is 62.3 Å². The van der Waals surface area contributed by atoms with Gasteiger partial charge >= 0.3 is 6.61 Å². The fourth-order valence-electron chi connectivity index (χ4n) is 1.61. The molecule has 17 heavy (non-hydrogen) atoms. The van der Waals surface area contributed by atoms with E-state index in [1.54, 1.807) is 0 Å². The first-order chi connectivity index (χ1) is 8.10. The van der Waals surface area contributed by atoms with E-state index in [1.807, 2.05) is 0 Å². The molecule has 0 spiro atoms. The van der Waals surface area contributed by atoms with Crippen LogP contribution in [-0.4, -0.2) is 16.7 Å². The van der Waals surface area contributed by atoms with Gasteiger partial charge in [0.15, 0.2) is 0 Å². The summed E-state index contributed by atoms with van der Waals surface area (Å²) in [6.45, 7) is -3.26. The minimum atomic E-state index is -2.91. The smallest absolute Gasteiger partial charge is 0.387 e. The lowest BCUT2D eigenvalue weighted by Gasteiger charge is -2.07. The number of ether oxygens (including phenoxy) is 1. The SMILES string of the molecule is O=c1cc(CO)c2cc(OC(F)F)ccc2[nH]1. The molecule has 0 aliphatic heterocycles. The Bertz CT molecular complexity index is 595. The zero-order valence-electron chi connectivity index (χ0n) is 8.61. The highest BCUT2D eigenvalue weighted by atomic mass is 19.3. The number of aliphatic hydroxyl groups is 1. The average molecular weight is 241 g/mol. The standard InChI is InChI=1S/C11H9F2NO3/c12-11(13)17-7-1-2-9-8(4-7)6(5-15)3-10(16)14-9/h1-4,11,15H,5H2,(H,14,16). The lowest BCUT2D eigenvalue weighted by molar-refractivity contribution is -0.0497. The number of hydrogen-bond donors (Lipinski definition) is 2. The fraction of sp³-hybridized carbons (Fsp3) is 0.182. The second kappa shape index (κ2) is 4.50. The number of fused-ring (bicyclic) bond motifs is 1. The third kappa shape index (κ3) is 2.42. The number of aromatic nitrogens is 1. The van der Waals surface area contributed by atoms with Gasteiger partial charge in [-0.1, -0.05) is 0 Å². The van der Waals surface area contributed by atoms with Gasteiger partial charge in [-0.25, -0.2) is 0 Å². The van der Waals surface area contributed by atoms with E-state index in [0.29, 0.717) is 16.5 Å². The van der Waals surface area contributed by atoms with E-state index < -0.39 is 6.61 Å². The first kappa shape index (κ1) is 11.5. The summed E-state index contributed by atoms with van der Waals surface area (Å²) in [5, 5.41) is 9.57. The fourth-order valence-corrected chi connectivity index (χ4v) is 1.61. The Kier molecular flexibility index (Phi) is 3.06. The second-order valence-electron chi connectivity index (χ2n) is 3.40. The van der Waals surface area contributed by atoms with Gasteiger partial charge in [0.1, 0.15) is 5.75 Å². The van der Waals surface area contributed by atoms with Gasteiger partial charge < -0.3 is 14.8 Å². The van der Waals surface area contributed by atoms with Gasteiger partial charge in [0, 0.05) is 17.0 Å². The molecular weight excluding hydrogens is 232 g/mol. The van der Waals surface area contributed by atoms with Gasteiger partial charge in [-0.2, -0.15) is 8.78 Å². The third-order valence-electron chi connectivity index (χ3n) is 2.30. The summed E-state index contributed by atoms with van der Waals surface area (Å²) in [6, 6.07) is 5.34. The van der Waals surface area contributed by atoms with Crippen LogP contribution >= 0.6 is 0 Å². The van der Waals surface area contributed by atoms with Crippen molar-refractivity contribution < 1.29 is 18.6 Å². The van der Waals surface area contributed by atoms with Crippen LogP contribution in [0.25, 0.3) is 10.9 Å². The molecule has 0 bridgehead atoms. The van der Waals surface area contributed by atoms with Crippen molar-refractivity contribution in [3.8, 4) is 5.75 Å². The summed E-state index contributed by atoms with van der Waals surface area (Å²) < 4.78 is 28.3. The number of H-pyrrole nitrogens is 1. The number of aliphatic hydroxyl groups excluding tert-OH is 1.